The van der Waals surface area contributed by atoms with Crippen LogP contribution in [0, 0.1) is 11.3 Å². The summed E-state index contributed by atoms with van der Waals surface area (Å²) in [5.74, 6) is -4.22. The smallest absolute Gasteiger partial charge is 0.251 e. The number of aliphatic hydroxyl groups excluding tert-OH is 1. The van der Waals surface area contributed by atoms with Crippen LogP contribution in [0.2, 0.25) is 0 Å². The number of nitrogens with one attached hydrogen (secondary N) is 2. The number of Topliss-reactive ketones (excluding diaryl/α,β-unsaturated/α-hetero) is 1. The second-order valence-corrected chi connectivity index (χ2v) is 9.55. The van der Waals surface area contributed by atoms with Gasteiger partial charge in [-0.1, -0.05) is 0 Å². The van der Waals surface area contributed by atoms with Crippen molar-refractivity contribution in [3.05, 3.63) is 0 Å². The number of hydrogen-bond acceptors (Lipinski definition) is 6. The maximum absolute atomic E-state index is 13.7. The number of ether oxygens (including phenoxy) is 1. The minimum atomic E-state index is -2.01. The van der Waals surface area contributed by atoms with Gasteiger partial charge in [0.15, 0.2) is 5.78 Å². The van der Waals surface area contributed by atoms with E-state index in [9.17, 15) is 28.7 Å². The van der Waals surface area contributed by atoms with Gasteiger partial charge in [-0.2, -0.15) is 0 Å². The van der Waals surface area contributed by atoms with Crippen LogP contribution in [-0.2, 0) is 23.9 Å². The molecule has 3 fully saturated rings. The van der Waals surface area contributed by atoms with Gasteiger partial charge in [-0.05, 0) is 58.3 Å². The fourth-order valence-corrected chi connectivity index (χ4v) is 4.34. The van der Waals surface area contributed by atoms with E-state index in [1.807, 2.05) is 0 Å². The van der Waals surface area contributed by atoms with Crippen LogP contribution in [0.4, 0.5) is 4.39 Å². The first-order valence-electron chi connectivity index (χ1n) is 10.8. The van der Waals surface area contributed by atoms with Crippen molar-refractivity contribution >= 4 is 23.5 Å². The standard InChI is InChI=1S/C21H32FN3O6/c1-12(26)19(30)25-11-21(5-6-21)9-15(25)18(29)24-14(8-13-4-7-23-17(13)28)16(27)10-31-20(2,3)22/h12-15,26H,4-11H2,1-3H3,(H,23,28)(H,24,29)/t12-,13+,14+,15+/m1/s1. The molecule has 3 amide bonds. The number of hydrogen-bond donors (Lipinski definition) is 3. The summed E-state index contributed by atoms with van der Waals surface area (Å²) in [6.45, 7) is 4.05. The lowest BCUT2D eigenvalue weighted by molar-refractivity contribution is -0.150. The molecule has 0 radical (unpaired) electrons. The molecule has 0 bridgehead atoms. The molecule has 2 heterocycles. The molecule has 3 N–H and O–H groups in total. The molecule has 0 aromatic carbocycles. The molecule has 0 aromatic rings. The molecule has 0 aromatic heterocycles. The molecule has 2 aliphatic heterocycles. The van der Waals surface area contributed by atoms with Gasteiger partial charge >= 0.3 is 0 Å². The van der Waals surface area contributed by atoms with Crippen molar-refractivity contribution in [2.75, 3.05) is 19.7 Å². The number of carbonyl (C=O) groups is 4. The van der Waals surface area contributed by atoms with Gasteiger partial charge in [0.2, 0.25) is 17.7 Å². The highest BCUT2D eigenvalue weighted by atomic mass is 19.2. The van der Waals surface area contributed by atoms with Gasteiger partial charge < -0.3 is 25.4 Å². The van der Waals surface area contributed by atoms with Crippen molar-refractivity contribution in [3.8, 4) is 0 Å². The van der Waals surface area contributed by atoms with E-state index >= 15 is 0 Å². The van der Waals surface area contributed by atoms with Crippen molar-refractivity contribution in [3.63, 3.8) is 0 Å². The van der Waals surface area contributed by atoms with Crippen LogP contribution >= 0.6 is 0 Å². The van der Waals surface area contributed by atoms with Gasteiger partial charge in [0.1, 0.15) is 18.8 Å². The zero-order valence-corrected chi connectivity index (χ0v) is 18.3. The molecule has 31 heavy (non-hydrogen) atoms. The lowest BCUT2D eigenvalue weighted by Crippen LogP contribution is -2.53. The van der Waals surface area contributed by atoms with E-state index in [2.05, 4.69) is 10.6 Å². The SMILES string of the molecule is C[C@@H](O)C(=O)N1CC2(CC2)C[C@H]1C(=O)N[C@@H](C[C@@H]1CCNC1=O)C(=O)COC(C)(C)F. The topological polar surface area (TPSA) is 125 Å². The summed E-state index contributed by atoms with van der Waals surface area (Å²) in [5.41, 5.74) is -0.0984. The van der Waals surface area contributed by atoms with Gasteiger partial charge in [-0.25, -0.2) is 4.39 Å². The zero-order chi connectivity index (χ0) is 23.0. The predicted molar refractivity (Wildman–Crippen MR) is 107 cm³/mol. The van der Waals surface area contributed by atoms with E-state index in [0.717, 1.165) is 12.8 Å². The summed E-state index contributed by atoms with van der Waals surface area (Å²) in [4.78, 5) is 51.7. The third kappa shape index (κ3) is 5.79. The Morgan fingerprint density at radius 2 is 2.06 bits per heavy atom. The summed E-state index contributed by atoms with van der Waals surface area (Å²) in [5, 5.41) is 15.1. The molecular weight excluding hydrogens is 409 g/mol. The molecule has 4 atom stereocenters. The van der Waals surface area contributed by atoms with Gasteiger partial charge in [0.05, 0.1) is 6.04 Å². The van der Waals surface area contributed by atoms with E-state index in [1.54, 1.807) is 0 Å². The first-order chi connectivity index (χ1) is 14.4. The van der Waals surface area contributed by atoms with Crippen LogP contribution in [-0.4, -0.2) is 77.3 Å². The van der Waals surface area contributed by atoms with E-state index in [-0.39, 0.29) is 17.7 Å². The van der Waals surface area contributed by atoms with E-state index < -0.39 is 54.2 Å². The lowest BCUT2D eigenvalue weighted by atomic mass is 9.95. The zero-order valence-electron chi connectivity index (χ0n) is 18.3. The number of halogens is 1. The Labute approximate surface area is 181 Å². The molecule has 2 saturated heterocycles. The fraction of sp³-hybridized carbons (Fsp3) is 0.810. The predicted octanol–water partition coefficient (Wildman–Crippen LogP) is 0.0506. The molecule has 1 saturated carbocycles. The van der Waals surface area contributed by atoms with Gasteiger partial charge in [0, 0.05) is 19.0 Å². The van der Waals surface area contributed by atoms with Crippen LogP contribution in [0.25, 0.3) is 0 Å². The van der Waals surface area contributed by atoms with E-state index in [1.165, 1.54) is 25.7 Å². The number of aliphatic hydroxyl groups is 1. The molecule has 3 aliphatic rings. The number of ketones is 1. The summed E-state index contributed by atoms with van der Waals surface area (Å²) < 4.78 is 18.6. The molecule has 0 unspecified atom stereocenters. The number of amides is 3. The average Bonchev–Trinajstić information content (AvgIpc) is 3.14. The molecule has 3 rings (SSSR count). The summed E-state index contributed by atoms with van der Waals surface area (Å²) in [6, 6.07) is -1.83. The minimum absolute atomic E-state index is 0.0781. The molecular formula is C21H32FN3O6. The number of likely N-dealkylation sites (tertiary alicyclic amines) is 1. The van der Waals surface area contributed by atoms with Crippen molar-refractivity contribution < 1.29 is 33.4 Å². The molecule has 9 nitrogen and oxygen atoms in total. The molecule has 1 spiro atoms. The second-order valence-electron chi connectivity index (χ2n) is 9.55. The Morgan fingerprint density at radius 3 is 2.58 bits per heavy atom. The average molecular weight is 442 g/mol. The van der Waals surface area contributed by atoms with Crippen LogP contribution in [0.3, 0.4) is 0 Å². The van der Waals surface area contributed by atoms with Crippen molar-refractivity contribution in [1.82, 2.24) is 15.5 Å². The Morgan fingerprint density at radius 1 is 1.39 bits per heavy atom. The monoisotopic (exact) mass is 441 g/mol. The van der Waals surface area contributed by atoms with E-state index in [0.29, 0.717) is 25.9 Å². The highest BCUT2D eigenvalue weighted by molar-refractivity contribution is 5.94. The molecule has 10 heteroatoms. The summed E-state index contributed by atoms with van der Waals surface area (Å²) >= 11 is 0. The highest BCUT2D eigenvalue weighted by Gasteiger charge is 2.55. The quantitative estimate of drug-likeness (QED) is 0.464. The molecule has 1 aliphatic carbocycles. The maximum Gasteiger partial charge on any atom is 0.251 e. The third-order valence-electron chi connectivity index (χ3n) is 6.35. The summed E-state index contributed by atoms with van der Waals surface area (Å²) in [7, 11) is 0. The minimum Gasteiger partial charge on any atom is -0.384 e. The highest BCUT2D eigenvalue weighted by Crippen LogP contribution is 2.54. The van der Waals surface area contributed by atoms with Gasteiger partial charge in [-0.3, -0.25) is 19.2 Å². The second kappa shape index (κ2) is 8.82. The number of alkyl halides is 1. The Bertz CT molecular complexity index is 746. The van der Waals surface area contributed by atoms with Crippen molar-refractivity contribution in [2.24, 2.45) is 11.3 Å². The van der Waals surface area contributed by atoms with Crippen LogP contribution in [0.15, 0.2) is 0 Å². The first-order valence-corrected chi connectivity index (χ1v) is 10.8. The van der Waals surface area contributed by atoms with Crippen LogP contribution in [0.1, 0.15) is 52.9 Å². The number of rotatable bonds is 9. The van der Waals surface area contributed by atoms with Gasteiger partial charge in [-0.15, -0.1) is 0 Å². The number of nitrogens with zero attached hydrogens (tertiary/aromatic N) is 1. The van der Waals surface area contributed by atoms with Crippen molar-refractivity contribution in [2.45, 2.75) is 76.9 Å². The Hall–Kier alpha value is -2.07. The first kappa shape index (κ1) is 23.6. The Kier molecular flexibility index (Phi) is 6.71. The van der Waals surface area contributed by atoms with Crippen molar-refractivity contribution in [1.29, 1.82) is 0 Å². The summed E-state index contributed by atoms with van der Waals surface area (Å²) in [6.07, 6.45) is 1.66. The maximum atomic E-state index is 13.7. The largest absolute Gasteiger partial charge is 0.384 e. The Balaban J connectivity index is 1.72. The lowest BCUT2D eigenvalue weighted by Gasteiger charge is -2.28. The fourth-order valence-electron chi connectivity index (χ4n) is 4.34. The van der Waals surface area contributed by atoms with Crippen LogP contribution in [0.5, 0.6) is 0 Å². The third-order valence-corrected chi connectivity index (χ3v) is 6.35. The van der Waals surface area contributed by atoms with Gasteiger partial charge in [0.25, 0.3) is 5.91 Å². The van der Waals surface area contributed by atoms with Crippen LogP contribution < -0.4 is 10.6 Å². The molecule has 174 valence electrons. The normalized spacial score (nSPS) is 26.5. The number of carbonyl (C=O) groups excluding carboxylic acids is 4. The van der Waals surface area contributed by atoms with E-state index in [4.69, 9.17) is 4.74 Å².